The van der Waals surface area contributed by atoms with E-state index in [0.29, 0.717) is 29.7 Å². The van der Waals surface area contributed by atoms with Gasteiger partial charge in [0, 0.05) is 25.7 Å². The molecule has 9 heteroatoms. The molecule has 2 heterocycles. The van der Waals surface area contributed by atoms with Crippen LogP contribution >= 0.6 is 12.6 Å². The second-order valence-corrected chi connectivity index (χ2v) is 8.84. The number of aromatic nitrogens is 3. The number of nitrogens with zero attached hydrogens (tertiary/aromatic N) is 4. The highest BCUT2D eigenvalue weighted by Gasteiger charge is 2.19. The Kier molecular flexibility index (Phi) is 7.42. The molecule has 3 aromatic rings. The van der Waals surface area contributed by atoms with Gasteiger partial charge in [-0.1, -0.05) is 26.0 Å². The minimum atomic E-state index is -0.0529. The van der Waals surface area contributed by atoms with Crippen molar-refractivity contribution < 1.29 is 19.7 Å². The molecule has 0 unspecified atom stereocenters. The van der Waals surface area contributed by atoms with E-state index in [1.54, 1.807) is 6.07 Å². The maximum Gasteiger partial charge on any atom is 0.188 e. The number of hydrogen-bond acceptors (Lipinski definition) is 8. The van der Waals surface area contributed by atoms with Crippen molar-refractivity contribution in [3.05, 3.63) is 47.5 Å². The topological polar surface area (TPSA) is 92.9 Å². The Hall–Kier alpha value is -2.75. The first-order valence-electron chi connectivity index (χ1n) is 11.1. The van der Waals surface area contributed by atoms with Gasteiger partial charge in [-0.2, -0.15) is 0 Å². The first-order chi connectivity index (χ1) is 15.9. The average Bonchev–Trinajstić information content (AvgIpc) is 3.15. The van der Waals surface area contributed by atoms with E-state index >= 15 is 0 Å². The van der Waals surface area contributed by atoms with Crippen LogP contribution in [0.3, 0.4) is 0 Å². The minimum Gasteiger partial charge on any atom is -0.508 e. The third kappa shape index (κ3) is 5.61. The van der Waals surface area contributed by atoms with E-state index in [0.717, 1.165) is 49.7 Å². The summed E-state index contributed by atoms with van der Waals surface area (Å²) in [5.74, 6) is 1.41. The Morgan fingerprint density at radius 1 is 1.06 bits per heavy atom. The molecule has 0 aliphatic carbocycles. The van der Waals surface area contributed by atoms with E-state index < -0.39 is 0 Å². The van der Waals surface area contributed by atoms with Gasteiger partial charge in [0.15, 0.2) is 11.0 Å². The maximum atomic E-state index is 10.5. The molecule has 2 N–H and O–H groups in total. The fourth-order valence-corrected chi connectivity index (χ4v) is 4.08. The lowest BCUT2D eigenvalue weighted by Crippen LogP contribution is -2.38. The van der Waals surface area contributed by atoms with Crippen LogP contribution in [-0.4, -0.2) is 69.3 Å². The molecule has 4 rings (SSSR count). The van der Waals surface area contributed by atoms with Gasteiger partial charge in [-0.15, -0.1) is 22.8 Å². The van der Waals surface area contributed by atoms with Gasteiger partial charge < -0.3 is 19.7 Å². The largest absolute Gasteiger partial charge is 0.508 e. The third-order valence-electron chi connectivity index (χ3n) is 5.78. The third-order valence-corrected chi connectivity index (χ3v) is 6.11. The van der Waals surface area contributed by atoms with Crippen molar-refractivity contribution in [2.45, 2.75) is 31.5 Å². The summed E-state index contributed by atoms with van der Waals surface area (Å²) < 4.78 is 13.1. The number of thiol groups is 1. The minimum absolute atomic E-state index is 0.0529. The first-order valence-corrected chi connectivity index (χ1v) is 11.6. The Bertz CT molecular complexity index is 1080. The molecule has 8 nitrogen and oxygen atoms in total. The Balaban J connectivity index is 1.46. The van der Waals surface area contributed by atoms with Crippen LogP contribution in [0.5, 0.6) is 17.2 Å². The van der Waals surface area contributed by atoms with Gasteiger partial charge in [-0.05, 0) is 35.2 Å². The zero-order valence-electron chi connectivity index (χ0n) is 18.9. The van der Waals surface area contributed by atoms with Crippen molar-refractivity contribution in [1.29, 1.82) is 0 Å². The van der Waals surface area contributed by atoms with Gasteiger partial charge in [0.25, 0.3) is 0 Å². The number of phenols is 2. The van der Waals surface area contributed by atoms with Gasteiger partial charge in [-0.3, -0.25) is 9.47 Å². The fourth-order valence-electron chi connectivity index (χ4n) is 3.87. The summed E-state index contributed by atoms with van der Waals surface area (Å²) >= 11 is 4.46. The Morgan fingerprint density at radius 2 is 1.79 bits per heavy atom. The van der Waals surface area contributed by atoms with Gasteiger partial charge in [0.05, 0.1) is 25.3 Å². The molecule has 1 fully saturated rings. The summed E-state index contributed by atoms with van der Waals surface area (Å²) in [6.07, 6.45) is 0. The number of rotatable bonds is 8. The van der Waals surface area contributed by atoms with Crippen molar-refractivity contribution >= 4 is 12.6 Å². The fraction of sp³-hybridized carbons (Fsp3) is 0.417. The summed E-state index contributed by atoms with van der Waals surface area (Å²) in [6, 6.07) is 11.0. The van der Waals surface area contributed by atoms with Gasteiger partial charge in [-0.25, -0.2) is 0 Å². The summed E-state index contributed by atoms with van der Waals surface area (Å²) in [4.78, 5) is 2.34. The number of hydrogen-bond donors (Lipinski definition) is 3. The molecule has 0 atom stereocenters. The molecule has 0 amide bonds. The number of ether oxygens (including phenoxy) is 2. The van der Waals surface area contributed by atoms with Gasteiger partial charge >= 0.3 is 0 Å². The molecule has 0 spiro atoms. The van der Waals surface area contributed by atoms with E-state index in [2.05, 4.69) is 27.7 Å². The zero-order valence-corrected chi connectivity index (χ0v) is 19.8. The van der Waals surface area contributed by atoms with Crippen LogP contribution in [0.15, 0.2) is 41.6 Å². The number of aromatic hydroxyl groups is 2. The SMILES string of the molecule is CC(C)c1cc(-c2nnc(S)n2Cc2ccc(OCCN3CCOCC3)cc2)c(O)cc1O. The lowest BCUT2D eigenvalue weighted by molar-refractivity contribution is 0.0322. The second kappa shape index (κ2) is 10.5. The molecule has 176 valence electrons. The highest BCUT2D eigenvalue weighted by molar-refractivity contribution is 7.80. The molecular formula is C24H30N4O4S. The van der Waals surface area contributed by atoms with E-state index in [1.807, 2.05) is 42.7 Å². The lowest BCUT2D eigenvalue weighted by atomic mass is 9.98. The summed E-state index contributed by atoms with van der Waals surface area (Å²) in [6.45, 7) is 9.43. The molecule has 1 saturated heterocycles. The van der Waals surface area contributed by atoms with Crippen LogP contribution in [-0.2, 0) is 11.3 Å². The molecule has 1 aliphatic heterocycles. The van der Waals surface area contributed by atoms with Crippen molar-refractivity contribution in [2.24, 2.45) is 0 Å². The number of phenolic OH excluding ortho intramolecular Hbond substituents is 2. The summed E-state index contributed by atoms with van der Waals surface area (Å²) in [5, 5.41) is 29.4. The standard InChI is InChI=1S/C24H30N4O4S/c1-16(2)19-13-20(22(30)14-21(19)29)23-25-26-24(33)28(23)15-17-3-5-18(6-4-17)32-12-9-27-7-10-31-11-8-27/h3-6,13-14,16,29-30H,7-12,15H2,1-2H3,(H,26,33). The monoisotopic (exact) mass is 470 g/mol. The lowest BCUT2D eigenvalue weighted by Gasteiger charge is -2.26. The normalized spacial score (nSPS) is 14.7. The molecule has 2 aromatic carbocycles. The highest BCUT2D eigenvalue weighted by atomic mass is 32.1. The van der Waals surface area contributed by atoms with Crippen molar-refractivity contribution in [2.75, 3.05) is 39.5 Å². The van der Waals surface area contributed by atoms with Crippen molar-refractivity contribution in [3.8, 4) is 28.6 Å². The van der Waals surface area contributed by atoms with Crippen molar-refractivity contribution in [1.82, 2.24) is 19.7 Å². The molecule has 1 aromatic heterocycles. The van der Waals surface area contributed by atoms with Crippen LogP contribution in [0.4, 0.5) is 0 Å². The molecule has 0 radical (unpaired) electrons. The first kappa shape index (κ1) is 23.4. The van der Waals surface area contributed by atoms with Gasteiger partial charge in [0.2, 0.25) is 0 Å². The van der Waals surface area contributed by atoms with E-state index in [9.17, 15) is 10.2 Å². The summed E-state index contributed by atoms with van der Waals surface area (Å²) in [5.41, 5.74) is 2.26. The Labute approximate surface area is 199 Å². The maximum absolute atomic E-state index is 10.5. The van der Waals surface area contributed by atoms with E-state index in [4.69, 9.17) is 9.47 Å². The van der Waals surface area contributed by atoms with Crippen LogP contribution in [0.2, 0.25) is 0 Å². The number of morpholine rings is 1. The molecule has 1 aliphatic rings. The predicted molar refractivity (Wildman–Crippen MR) is 128 cm³/mol. The average molecular weight is 471 g/mol. The molecule has 33 heavy (non-hydrogen) atoms. The van der Waals surface area contributed by atoms with Crippen molar-refractivity contribution in [3.63, 3.8) is 0 Å². The smallest absolute Gasteiger partial charge is 0.188 e. The predicted octanol–water partition coefficient (Wildman–Crippen LogP) is 3.53. The quantitative estimate of drug-likeness (QED) is 0.434. The molecule has 0 bridgehead atoms. The second-order valence-electron chi connectivity index (χ2n) is 8.44. The van der Waals surface area contributed by atoms with E-state index in [1.165, 1.54) is 6.07 Å². The van der Waals surface area contributed by atoms with Crippen LogP contribution in [0.25, 0.3) is 11.4 Å². The van der Waals surface area contributed by atoms with Crippen LogP contribution in [0.1, 0.15) is 30.9 Å². The zero-order chi connectivity index (χ0) is 23.4. The van der Waals surface area contributed by atoms with Crippen LogP contribution < -0.4 is 4.74 Å². The Morgan fingerprint density at radius 3 is 2.48 bits per heavy atom. The number of benzene rings is 2. The molecular weight excluding hydrogens is 440 g/mol. The van der Waals surface area contributed by atoms with Crippen LogP contribution in [0, 0.1) is 0 Å². The molecule has 0 saturated carbocycles. The van der Waals surface area contributed by atoms with E-state index in [-0.39, 0.29) is 17.4 Å². The summed E-state index contributed by atoms with van der Waals surface area (Å²) in [7, 11) is 0. The highest BCUT2D eigenvalue weighted by Crippen LogP contribution is 2.37. The van der Waals surface area contributed by atoms with Gasteiger partial charge in [0.1, 0.15) is 23.9 Å².